The van der Waals surface area contributed by atoms with Crippen molar-refractivity contribution in [3.63, 3.8) is 0 Å². The number of hydrogen-bond acceptors (Lipinski definition) is 5. The number of hydrogen-bond donors (Lipinski definition) is 1. The van der Waals surface area contributed by atoms with Crippen LogP contribution in [0, 0.1) is 6.92 Å². The zero-order valence-corrected chi connectivity index (χ0v) is 10.8. The van der Waals surface area contributed by atoms with Gasteiger partial charge in [0.1, 0.15) is 0 Å². The van der Waals surface area contributed by atoms with Crippen molar-refractivity contribution in [2.24, 2.45) is 0 Å². The van der Waals surface area contributed by atoms with Gasteiger partial charge in [-0.15, -0.1) is 0 Å². The van der Waals surface area contributed by atoms with Gasteiger partial charge >= 0.3 is 0 Å². The first-order valence-electron chi connectivity index (χ1n) is 5.47. The lowest BCUT2D eigenvalue weighted by atomic mass is 10.0. The van der Waals surface area contributed by atoms with Crippen molar-refractivity contribution in [3.05, 3.63) is 10.6 Å². The summed E-state index contributed by atoms with van der Waals surface area (Å²) in [5.74, 6) is 0. The van der Waals surface area contributed by atoms with Crippen molar-refractivity contribution >= 4 is 16.5 Å². The number of aromatic nitrogens is 1. The van der Waals surface area contributed by atoms with Crippen LogP contribution in [-0.2, 0) is 11.3 Å². The summed E-state index contributed by atoms with van der Waals surface area (Å²) in [6.07, 6.45) is 0. The highest BCUT2D eigenvalue weighted by Gasteiger charge is 2.32. The van der Waals surface area contributed by atoms with E-state index in [0.29, 0.717) is 0 Å². The van der Waals surface area contributed by atoms with E-state index < -0.39 is 0 Å². The van der Waals surface area contributed by atoms with Gasteiger partial charge in [-0.2, -0.15) is 0 Å². The number of ether oxygens (including phenoxy) is 1. The van der Waals surface area contributed by atoms with Crippen LogP contribution in [0.25, 0.3) is 0 Å². The van der Waals surface area contributed by atoms with E-state index in [9.17, 15) is 5.11 Å². The highest BCUT2D eigenvalue weighted by molar-refractivity contribution is 7.15. The fourth-order valence-corrected chi connectivity index (χ4v) is 3.00. The SMILES string of the molecule is Cc1nc(N2CCOCC2(C)C)sc1CO. The second-order valence-corrected chi connectivity index (χ2v) is 5.74. The van der Waals surface area contributed by atoms with Crippen LogP contribution in [0.2, 0.25) is 0 Å². The van der Waals surface area contributed by atoms with E-state index in [1.54, 1.807) is 11.3 Å². The molecule has 1 N–H and O–H groups in total. The molecule has 4 nitrogen and oxygen atoms in total. The molecule has 16 heavy (non-hydrogen) atoms. The minimum Gasteiger partial charge on any atom is -0.391 e. The van der Waals surface area contributed by atoms with E-state index >= 15 is 0 Å². The summed E-state index contributed by atoms with van der Waals surface area (Å²) in [6, 6.07) is 0. The number of thiazole rings is 1. The maximum atomic E-state index is 9.19. The lowest BCUT2D eigenvalue weighted by Crippen LogP contribution is -2.53. The first kappa shape index (κ1) is 11.8. The van der Waals surface area contributed by atoms with Crippen LogP contribution in [0.15, 0.2) is 0 Å². The number of aliphatic hydroxyl groups is 1. The van der Waals surface area contributed by atoms with E-state index in [1.165, 1.54) is 0 Å². The molecule has 0 unspecified atom stereocenters. The van der Waals surface area contributed by atoms with Gasteiger partial charge in [0.25, 0.3) is 0 Å². The molecule has 0 spiro atoms. The summed E-state index contributed by atoms with van der Waals surface area (Å²) in [5.41, 5.74) is 0.916. The minimum absolute atomic E-state index is 0.0186. The number of nitrogens with zero attached hydrogens (tertiary/aromatic N) is 2. The van der Waals surface area contributed by atoms with Gasteiger partial charge in [0, 0.05) is 6.54 Å². The van der Waals surface area contributed by atoms with E-state index in [0.717, 1.165) is 35.5 Å². The Hall–Kier alpha value is -0.650. The Morgan fingerprint density at radius 3 is 2.88 bits per heavy atom. The second kappa shape index (κ2) is 4.31. The summed E-state index contributed by atoms with van der Waals surface area (Å²) in [4.78, 5) is 7.76. The Morgan fingerprint density at radius 2 is 2.31 bits per heavy atom. The molecule has 0 atom stereocenters. The number of morpholine rings is 1. The monoisotopic (exact) mass is 242 g/mol. The van der Waals surface area contributed by atoms with Crippen LogP contribution < -0.4 is 4.90 Å². The quantitative estimate of drug-likeness (QED) is 0.855. The fraction of sp³-hybridized carbons (Fsp3) is 0.727. The smallest absolute Gasteiger partial charge is 0.186 e. The third kappa shape index (κ3) is 2.07. The first-order chi connectivity index (χ1) is 7.54. The highest BCUT2D eigenvalue weighted by Crippen LogP contribution is 2.32. The lowest BCUT2D eigenvalue weighted by molar-refractivity contribution is 0.0643. The van der Waals surface area contributed by atoms with Crippen LogP contribution in [0.4, 0.5) is 5.13 Å². The van der Waals surface area contributed by atoms with Gasteiger partial charge in [-0.25, -0.2) is 4.98 Å². The van der Waals surface area contributed by atoms with Crippen molar-refractivity contribution in [2.75, 3.05) is 24.7 Å². The van der Waals surface area contributed by atoms with Crippen molar-refractivity contribution < 1.29 is 9.84 Å². The van der Waals surface area contributed by atoms with Crippen molar-refractivity contribution in [2.45, 2.75) is 32.9 Å². The summed E-state index contributed by atoms with van der Waals surface area (Å²) in [7, 11) is 0. The van der Waals surface area contributed by atoms with Gasteiger partial charge in [0.05, 0.1) is 35.9 Å². The lowest BCUT2D eigenvalue weighted by Gasteiger charge is -2.42. The average Bonchev–Trinajstić information content (AvgIpc) is 2.58. The molecule has 90 valence electrons. The van der Waals surface area contributed by atoms with Crippen molar-refractivity contribution in [1.82, 2.24) is 4.98 Å². The van der Waals surface area contributed by atoms with Gasteiger partial charge in [0.2, 0.25) is 0 Å². The van der Waals surface area contributed by atoms with Crippen LogP contribution in [0.5, 0.6) is 0 Å². The maximum absolute atomic E-state index is 9.19. The average molecular weight is 242 g/mol. The molecular formula is C11H18N2O2S. The molecule has 0 bridgehead atoms. The maximum Gasteiger partial charge on any atom is 0.186 e. The van der Waals surface area contributed by atoms with E-state index in [1.807, 2.05) is 6.92 Å². The molecule has 0 radical (unpaired) electrons. The molecule has 0 amide bonds. The Labute approximate surface area is 99.9 Å². The van der Waals surface area contributed by atoms with Crippen LogP contribution >= 0.6 is 11.3 Å². The molecule has 2 rings (SSSR count). The predicted molar refractivity (Wildman–Crippen MR) is 65.0 cm³/mol. The number of anilines is 1. The van der Waals surface area contributed by atoms with Crippen LogP contribution in [0.1, 0.15) is 24.4 Å². The summed E-state index contributed by atoms with van der Waals surface area (Å²) >= 11 is 1.58. The topological polar surface area (TPSA) is 45.6 Å². The Kier molecular flexibility index (Phi) is 3.19. The molecule has 1 aliphatic rings. The number of aliphatic hydroxyl groups excluding tert-OH is 1. The third-order valence-corrected chi connectivity index (χ3v) is 4.07. The van der Waals surface area contributed by atoms with Gasteiger partial charge in [-0.05, 0) is 20.8 Å². The molecule has 5 heteroatoms. The zero-order valence-electron chi connectivity index (χ0n) is 9.99. The standard InChI is InChI=1S/C11H18N2O2S/c1-8-9(6-14)16-10(12-8)13-4-5-15-7-11(13,2)3/h14H,4-7H2,1-3H3. The normalized spacial score (nSPS) is 20.1. The van der Waals surface area contributed by atoms with Gasteiger partial charge < -0.3 is 14.7 Å². The molecule has 1 saturated heterocycles. The predicted octanol–water partition coefficient (Wildman–Crippen LogP) is 1.56. The van der Waals surface area contributed by atoms with E-state index in [-0.39, 0.29) is 12.1 Å². The Bertz CT molecular complexity index is 376. The van der Waals surface area contributed by atoms with E-state index in [2.05, 4.69) is 23.7 Å². The number of rotatable bonds is 2. The van der Waals surface area contributed by atoms with Gasteiger partial charge in [-0.3, -0.25) is 0 Å². The molecule has 0 aromatic carbocycles. The minimum atomic E-state index is -0.0186. The summed E-state index contributed by atoms with van der Waals surface area (Å²) < 4.78 is 5.49. The van der Waals surface area contributed by atoms with Crippen molar-refractivity contribution in [3.8, 4) is 0 Å². The third-order valence-electron chi connectivity index (χ3n) is 2.90. The van der Waals surface area contributed by atoms with Gasteiger partial charge in [0.15, 0.2) is 5.13 Å². The molecule has 1 aliphatic heterocycles. The molecule has 1 fully saturated rings. The Balaban J connectivity index is 2.28. The fourth-order valence-electron chi connectivity index (χ4n) is 1.89. The molecule has 2 heterocycles. The van der Waals surface area contributed by atoms with Crippen LogP contribution in [-0.4, -0.2) is 35.4 Å². The molecule has 1 aromatic rings. The molecule has 0 saturated carbocycles. The second-order valence-electron chi connectivity index (χ2n) is 4.68. The highest BCUT2D eigenvalue weighted by atomic mass is 32.1. The zero-order chi connectivity index (χ0) is 11.8. The Morgan fingerprint density at radius 1 is 1.56 bits per heavy atom. The number of aryl methyl sites for hydroxylation is 1. The molecule has 1 aromatic heterocycles. The largest absolute Gasteiger partial charge is 0.391 e. The van der Waals surface area contributed by atoms with Crippen LogP contribution in [0.3, 0.4) is 0 Å². The van der Waals surface area contributed by atoms with Gasteiger partial charge in [-0.1, -0.05) is 11.3 Å². The summed E-state index contributed by atoms with van der Waals surface area (Å²) in [6.45, 7) is 8.66. The first-order valence-corrected chi connectivity index (χ1v) is 6.29. The molecular weight excluding hydrogens is 224 g/mol. The molecule has 0 aliphatic carbocycles. The summed E-state index contributed by atoms with van der Waals surface area (Å²) in [5, 5.41) is 10.2. The van der Waals surface area contributed by atoms with Crippen molar-refractivity contribution in [1.29, 1.82) is 0 Å². The van der Waals surface area contributed by atoms with E-state index in [4.69, 9.17) is 4.74 Å².